The van der Waals surface area contributed by atoms with Crippen molar-refractivity contribution in [2.45, 2.75) is 11.3 Å². The molecule has 0 radical (unpaired) electrons. The van der Waals surface area contributed by atoms with Gasteiger partial charge < -0.3 is 0 Å². The van der Waals surface area contributed by atoms with E-state index >= 15 is 0 Å². The van der Waals surface area contributed by atoms with Crippen molar-refractivity contribution in [3.8, 4) is 6.07 Å². The highest BCUT2D eigenvalue weighted by Gasteiger charge is 2.16. The van der Waals surface area contributed by atoms with E-state index in [0.29, 0.717) is 4.47 Å². The summed E-state index contributed by atoms with van der Waals surface area (Å²) in [5, 5.41) is 8.58. The standard InChI is InChI=1S/C14H10BrFN2O2S/c15-13-6-3-11(16)9-14(13)18-21(19,20)12-4-1-10(2-5-12)7-8-17/h1-6,9,18H,7H2. The maximum atomic E-state index is 13.2. The molecule has 0 aliphatic heterocycles. The van der Waals surface area contributed by atoms with Gasteiger partial charge in [-0.05, 0) is 51.8 Å². The summed E-state index contributed by atoms with van der Waals surface area (Å²) in [6.07, 6.45) is 0.212. The van der Waals surface area contributed by atoms with Crippen molar-refractivity contribution in [2.75, 3.05) is 4.72 Å². The molecule has 0 heterocycles. The van der Waals surface area contributed by atoms with E-state index in [1.54, 1.807) is 12.1 Å². The van der Waals surface area contributed by atoms with E-state index in [2.05, 4.69) is 20.7 Å². The number of rotatable bonds is 4. The van der Waals surface area contributed by atoms with Crippen molar-refractivity contribution in [1.29, 1.82) is 5.26 Å². The SMILES string of the molecule is N#CCc1ccc(S(=O)(=O)Nc2cc(F)ccc2Br)cc1. The van der Waals surface area contributed by atoms with Gasteiger partial charge in [-0.3, -0.25) is 4.72 Å². The molecule has 0 aromatic heterocycles. The minimum atomic E-state index is -3.81. The van der Waals surface area contributed by atoms with Gasteiger partial charge in [0.05, 0.1) is 23.1 Å². The van der Waals surface area contributed by atoms with Crippen molar-refractivity contribution < 1.29 is 12.8 Å². The molecule has 0 saturated heterocycles. The monoisotopic (exact) mass is 368 g/mol. The second kappa shape index (κ2) is 6.24. The van der Waals surface area contributed by atoms with Crippen LogP contribution in [0.3, 0.4) is 0 Å². The first-order chi connectivity index (χ1) is 9.92. The van der Waals surface area contributed by atoms with Crippen LogP contribution in [0.25, 0.3) is 0 Å². The lowest BCUT2D eigenvalue weighted by atomic mass is 10.2. The molecular weight excluding hydrogens is 359 g/mol. The quantitative estimate of drug-likeness (QED) is 0.898. The molecule has 0 aliphatic rings. The molecule has 21 heavy (non-hydrogen) atoms. The molecule has 0 aliphatic carbocycles. The summed E-state index contributed by atoms with van der Waals surface area (Å²) in [6.45, 7) is 0. The second-order valence-corrected chi connectivity index (χ2v) is 6.75. The molecule has 0 fully saturated rings. The van der Waals surface area contributed by atoms with E-state index in [1.165, 1.54) is 24.3 Å². The van der Waals surface area contributed by atoms with Gasteiger partial charge in [0.25, 0.3) is 10.0 Å². The Morgan fingerprint density at radius 2 is 1.86 bits per heavy atom. The molecule has 2 rings (SSSR count). The fourth-order valence-electron chi connectivity index (χ4n) is 1.66. The van der Waals surface area contributed by atoms with Crippen molar-refractivity contribution in [3.63, 3.8) is 0 Å². The van der Waals surface area contributed by atoms with Gasteiger partial charge in [0.1, 0.15) is 5.82 Å². The van der Waals surface area contributed by atoms with Crippen LogP contribution < -0.4 is 4.72 Å². The molecule has 108 valence electrons. The minimum Gasteiger partial charge on any atom is -0.278 e. The first-order valence-corrected chi connectivity index (χ1v) is 8.14. The van der Waals surface area contributed by atoms with Gasteiger partial charge in [-0.15, -0.1) is 0 Å². The minimum absolute atomic E-state index is 0.0420. The van der Waals surface area contributed by atoms with E-state index in [-0.39, 0.29) is 17.0 Å². The molecule has 0 unspecified atom stereocenters. The summed E-state index contributed by atoms with van der Waals surface area (Å²) in [6, 6.07) is 11.7. The van der Waals surface area contributed by atoms with Crippen LogP contribution in [-0.4, -0.2) is 8.42 Å². The number of hydrogen-bond donors (Lipinski definition) is 1. The maximum Gasteiger partial charge on any atom is 0.261 e. The van der Waals surface area contributed by atoms with Gasteiger partial charge in [0.15, 0.2) is 0 Å². The molecule has 0 atom stereocenters. The van der Waals surface area contributed by atoms with Gasteiger partial charge in [-0.25, -0.2) is 12.8 Å². The van der Waals surface area contributed by atoms with Gasteiger partial charge in [0, 0.05) is 4.47 Å². The Labute approximate surface area is 130 Å². The number of sulfonamides is 1. The fraction of sp³-hybridized carbons (Fsp3) is 0.0714. The first-order valence-electron chi connectivity index (χ1n) is 5.86. The van der Waals surface area contributed by atoms with E-state index < -0.39 is 15.8 Å². The highest BCUT2D eigenvalue weighted by Crippen LogP contribution is 2.26. The molecule has 0 amide bonds. The largest absolute Gasteiger partial charge is 0.278 e. The number of hydrogen-bond acceptors (Lipinski definition) is 3. The summed E-state index contributed by atoms with van der Waals surface area (Å²) in [5.74, 6) is -0.541. The topological polar surface area (TPSA) is 70.0 Å². The third kappa shape index (κ3) is 3.80. The highest BCUT2D eigenvalue weighted by atomic mass is 79.9. The Morgan fingerprint density at radius 3 is 2.48 bits per heavy atom. The number of nitrogens with one attached hydrogen (secondary N) is 1. The normalized spacial score (nSPS) is 10.9. The Kier molecular flexibility index (Phi) is 4.60. The number of benzene rings is 2. The van der Waals surface area contributed by atoms with Crippen LogP contribution in [0.4, 0.5) is 10.1 Å². The van der Waals surface area contributed by atoms with E-state index in [9.17, 15) is 12.8 Å². The van der Waals surface area contributed by atoms with Crippen LogP contribution in [0, 0.1) is 17.1 Å². The lowest BCUT2D eigenvalue weighted by Crippen LogP contribution is -2.13. The Bertz CT molecular complexity index is 799. The summed E-state index contributed by atoms with van der Waals surface area (Å²) >= 11 is 3.16. The number of nitriles is 1. The van der Waals surface area contributed by atoms with Gasteiger partial charge >= 0.3 is 0 Å². The molecule has 2 aromatic rings. The first kappa shape index (κ1) is 15.5. The molecule has 7 heteroatoms. The molecule has 0 spiro atoms. The molecule has 2 aromatic carbocycles. The Balaban J connectivity index is 2.30. The zero-order valence-corrected chi connectivity index (χ0v) is 13.1. The van der Waals surface area contributed by atoms with Gasteiger partial charge in [0.2, 0.25) is 0 Å². The lowest BCUT2D eigenvalue weighted by Gasteiger charge is -2.10. The van der Waals surface area contributed by atoms with Crippen LogP contribution >= 0.6 is 15.9 Å². The van der Waals surface area contributed by atoms with Gasteiger partial charge in [-0.2, -0.15) is 5.26 Å². The predicted octanol–water partition coefficient (Wildman–Crippen LogP) is 3.46. The van der Waals surface area contributed by atoms with Crippen molar-refractivity contribution in [3.05, 3.63) is 58.3 Å². The van der Waals surface area contributed by atoms with Gasteiger partial charge in [-0.1, -0.05) is 12.1 Å². The number of halogens is 2. The Hall–Kier alpha value is -1.91. The third-order valence-corrected chi connectivity index (χ3v) is 4.76. The summed E-state index contributed by atoms with van der Waals surface area (Å²) in [5.41, 5.74) is 0.847. The van der Waals surface area contributed by atoms with Crippen LogP contribution in [0.5, 0.6) is 0 Å². The fourth-order valence-corrected chi connectivity index (χ4v) is 3.20. The summed E-state index contributed by atoms with van der Waals surface area (Å²) in [7, 11) is -3.81. The molecule has 1 N–H and O–H groups in total. The second-order valence-electron chi connectivity index (χ2n) is 4.21. The predicted molar refractivity (Wildman–Crippen MR) is 80.7 cm³/mol. The van der Waals surface area contributed by atoms with Crippen molar-refractivity contribution >= 4 is 31.6 Å². The maximum absolute atomic E-state index is 13.2. The molecule has 0 bridgehead atoms. The van der Waals surface area contributed by atoms with Crippen LogP contribution in [-0.2, 0) is 16.4 Å². The third-order valence-electron chi connectivity index (χ3n) is 2.69. The van der Waals surface area contributed by atoms with Crippen LogP contribution in [0.2, 0.25) is 0 Å². The molecule has 4 nitrogen and oxygen atoms in total. The van der Waals surface area contributed by atoms with Crippen molar-refractivity contribution in [1.82, 2.24) is 0 Å². The number of nitrogens with zero attached hydrogens (tertiary/aromatic N) is 1. The average molecular weight is 369 g/mol. The Morgan fingerprint density at radius 1 is 1.19 bits per heavy atom. The zero-order valence-electron chi connectivity index (χ0n) is 10.7. The van der Waals surface area contributed by atoms with Crippen molar-refractivity contribution in [2.24, 2.45) is 0 Å². The van der Waals surface area contributed by atoms with Crippen LogP contribution in [0.1, 0.15) is 5.56 Å². The molecular formula is C14H10BrFN2O2S. The molecule has 0 saturated carbocycles. The van der Waals surface area contributed by atoms with E-state index in [1.807, 2.05) is 6.07 Å². The lowest BCUT2D eigenvalue weighted by molar-refractivity contribution is 0.601. The zero-order chi connectivity index (χ0) is 15.5. The summed E-state index contributed by atoms with van der Waals surface area (Å²) < 4.78 is 40.4. The summed E-state index contributed by atoms with van der Waals surface area (Å²) in [4.78, 5) is 0.0420. The van der Waals surface area contributed by atoms with E-state index in [0.717, 1.165) is 11.6 Å². The average Bonchev–Trinajstić information content (AvgIpc) is 2.44. The van der Waals surface area contributed by atoms with Crippen LogP contribution in [0.15, 0.2) is 51.8 Å². The number of anilines is 1. The van der Waals surface area contributed by atoms with E-state index in [4.69, 9.17) is 5.26 Å². The highest BCUT2D eigenvalue weighted by molar-refractivity contribution is 9.10. The smallest absolute Gasteiger partial charge is 0.261 e.